The van der Waals surface area contributed by atoms with Gasteiger partial charge in [-0.1, -0.05) is 0 Å². The van der Waals surface area contributed by atoms with Crippen LogP contribution in [-0.4, -0.2) is 52.5 Å². The molecule has 1 saturated heterocycles. The predicted octanol–water partition coefficient (Wildman–Crippen LogP) is 2.06. The van der Waals surface area contributed by atoms with Crippen molar-refractivity contribution in [3.8, 4) is 11.5 Å². The first-order chi connectivity index (χ1) is 14.0. The van der Waals surface area contributed by atoms with Crippen LogP contribution in [0.2, 0.25) is 0 Å². The molecule has 0 atom stereocenters. The Bertz CT molecular complexity index is 918. The topological polar surface area (TPSA) is 98.1 Å². The van der Waals surface area contributed by atoms with Crippen LogP contribution in [0.3, 0.4) is 0 Å². The maximum absolute atomic E-state index is 13.0. The molecule has 2 aromatic rings. The van der Waals surface area contributed by atoms with Gasteiger partial charge in [0.05, 0.1) is 25.4 Å². The third-order valence-corrected chi connectivity index (χ3v) is 6.96. The van der Waals surface area contributed by atoms with E-state index in [0.717, 1.165) is 5.76 Å². The Balaban J connectivity index is 1.55. The summed E-state index contributed by atoms with van der Waals surface area (Å²) in [7, 11) is -0.703. The van der Waals surface area contributed by atoms with Crippen molar-refractivity contribution in [2.75, 3.05) is 33.9 Å². The van der Waals surface area contributed by atoms with Crippen molar-refractivity contribution < 1.29 is 27.1 Å². The number of hydrogen-bond acceptors (Lipinski definition) is 6. The summed E-state index contributed by atoms with van der Waals surface area (Å²) in [5.41, 5.74) is 0. The zero-order valence-corrected chi connectivity index (χ0v) is 17.4. The minimum atomic E-state index is -3.66. The summed E-state index contributed by atoms with van der Waals surface area (Å²) in [6.45, 7) is 1.09. The number of benzene rings is 1. The Kier molecular flexibility index (Phi) is 6.81. The fourth-order valence-electron chi connectivity index (χ4n) is 3.39. The van der Waals surface area contributed by atoms with E-state index in [1.54, 1.807) is 12.3 Å². The highest BCUT2D eigenvalue weighted by atomic mass is 32.2. The lowest BCUT2D eigenvalue weighted by molar-refractivity contribution is -0.126. The van der Waals surface area contributed by atoms with Crippen molar-refractivity contribution >= 4 is 15.9 Å². The lowest BCUT2D eigenvalue weighted by atomic mass is 9.97. The summed E-state index contributed by atoms with van der Waals surface area (Å²) in [5.74, 6) is 1.42. The Morgan fingerprint density at radius 2 is 1.90 bits per heavy atom. The van der Waals surface area contributed by atoms with E-state index in [0.29, 0.717) is 50.4 Å². The number of carbonyl (C=O) groups is 1. The number of nitrogens with zero attached hydrogens (tertiary/aromatic N) is 1. The fraction of sp³-hybridized carbons (Fsp3) is 0.450. The molecule has 0 bridgehead atoms. The number of amides is 1. The zero-order valence-electron chi connectivity index (χ0n) is 16.6. The molecule has 2 heterocycles. The van der Waals surface area contributed by atoms with Crippen molar-refractivity contribution in [3.63, 3.8) is 0 Å². The first-order valence-electron chi connectivity index (χ1n) is 9.48. The standard InChI is InChI=1S/C20H26N2O6S/c1-26-18-6-5-17(14-19(18)27-2)29(24,25)22-11-8-15(9-12-22)20(23)21-10-7-16-4-3-13-28-16/h3-6,13-15H,7-12H2,1-2H3,(H,21,23). The van der Waals surface area contributed by atoms with Crippen molar-refractivity contribution in [2.24, 2.45) is 5.92 Å². The molecule has 0 unspecified atom stereocenters. The van der Waals surface area contributed by atoms with Crippen LogP contribution in [0, 0.1) is 5.92 Å². The average molecular weight is 423 g/mol. The maximum atomic E-state index is 13.0. The highest BCUT2D eigenvalue weighted by molar-refractivity contribution is 7.89. The molecule has 3 rings (SSSR count). The van der Waals surface area contributed by atoms with Crippen LogP contribution in [0.1, 0.15) is 18.6 Å². The Morgan fingerprint density at radius 1 is 1.17 bits per heavy atom. The van der Waals surface area contributed by atoms with Crippen molar-refractivity contribution in [2.45, 2.75) is 24.2 Å². The van der Waals surface area contributed by atoms with Crippen LogP contribution < -0.4 is 14.8 Å². The van der Waals surface area contributed by atoms with Crippen molar-refractivity contribution in [1.82, 2.24) is 9.62 Å². The van der Waals surface area contributed by atoms with Gasteiger partial charge in [0.1, 0.15) is 5.76 Å². The Hall–Kier alpha value is -2.52. The van der Waals surface area contributed by atoms with E-state index in [9.17, 15) is 13.2 Å². The number of piperidine rings is 1. The molecule has 0 aliphatic carbocycles. The van der Waals surface area contributed by atoms with Gasteiger partial charge in [0.25, 0.3) is 0 Å². The lowest BCUT2D eigenvalue weighted by Crippen LogP contribution is -2.43. The number of hydrogen-bond donors (Lipinski definition) is 1. The zero-order chi connectivity index (χ0) is 20.9. The van der Waals surface area contributed by atoms with E-state index in [4.69, 9.17) is 13.9 Å². The number of methoxy groups -OCH3 is 2. The van der Waals surface area contributed by atoms with Gasteiger partial charge in [-0.05, 0) is 37.1 Å². The molecule has 1 aromatic heterocycles. The van der Waals surface area contributed by atoms with Crippen molar-refractivity contribution in [3.05, 3.63) is 42.4 Å². The van der Waals surface area contributed by atoms with Crippen LogP contribution in [0.15, 0.2) is 45.9 Å². The number of rotatable bonds is 8. The van der Waals surface area contributed by atoms with Crippen LogP contribution in [-0.2, 0) is 21.2 Å². The quantitative estimate of drug-likeness (QED) is 0.699. The van der Waals surface area contributed by atoms with Crippen molar-refractivity contribution in [1.29, 1.82) is 0 Å². The minimum absolute atomic E-state index is 0.0419. The third-order valence-electron chi connectivity index (χ3n) is 5.07. The molecule has 1 amide bonds. The van der Waals surface area contributed by atoms with Gasteiger partial charge in [0.2, 0.25) is 15.9 Å². The summed E-state index contributed by atoms with van der Waals surface area (Å²) in [4.78, 5) is 12.5. The van der Waals surface area contributed by atoms with Crippen LogP contribution in [0.5, 0.6) is 11.5 Å². The van der Waals surface area contributed by atoms with Crippen LogP contribution in [0.4, 0.5) is 0 Å². The summed E-state index contributed by atoms with van der Waals surface area (Å²) in [6, 6.07) is 8.21. The monoisotopic (exact) mass is 422 g/mol. The van der Waals surface area contributed by atoms with Gasteiger partial charge >= 0.3 is 0 Å². The van der Waals surface area contributed by atoms with E-state index >= 15 is 0 Å². The maximum Gasteiger partial charge on any atom is 0.243 e. The molecule has 1 aliphatic heterocycles. The summed E-state index contributed by atoms with van der Waals surface area (Å²) < 4.78 is 42.9. The smallest absolute Gasteiger partial charge is 0.243 e. The van der Waals surface area contributed by atoms with E-state index in [-0.39, 0.29) is 16.7 Å². The SMILES string of the molecule is COc1ccc(S(=O)(=O)N2CCC(C(=O)NCCc3ccco3)CC2)cc1OC. The van der Waals surface area contributed by atoms with Gasteiger partial charge in [-0.15, -0.1) is 0 Å². The van der Waals surface area contributed by atoms with E-state index in [1.807, 2.05) is 12.1 Å². The summed E-state index contributed by atoms with van der Waals surface area (Å²) in [5, 5.41) is 2.91. The second kappa shape index (κ2) is 9.32. The van der Waals surface area contributed by atoms with Gasteiger partial charge in [0.15, 0.2) is 11.5 Å². The largest absolute Gasteiger partial charge is 0.493 e. The van der Waals surface area contributed by atoms with Gasteiger partial charge < -0.3 is 19.2 Å². The molecule has 1 aromatic carbocycles. The molecule has 158 valence electrons. The lowest BCUT2D eigenvalue weighted by Gasteiger charge is -2.30. The van der Waals surface area contributed by atoms with Gasteiger partial charge in [-0.25, -0.2) is 8.42 Å². The molecule has 29 heavy (non-hydrogen) atoms. The Labute approximate surface area is 170 Å². The second-order valence-corrected chi connectivity index (χ2v) is 8.75. The van der Waals surface area contributed by atoms with Crippen LogP contribution in [0.25, 0.3) is 0 Å². The van der Waals surface area contributed by atoms with E-state index in [1.165, 1.54) is 30.7 Å². The molecule has 1 fully saturated rings. The number of nitrogens with one attached hydrogen (secondary N) is 1. The highest BCUT2D eigenvalue weighted by Crippen LogP contribution is 2.32. The molecule has 1 N–H and O–H groups in total. The molecule has 0 spiro atoms. The van der Waals surface area contributed by atoms with E-state index in [2.05, 4.69) is 5.32 Å². The van der Waals surface area contributed by atoms with E-state index < -0.39 is 10.0 Å². The molecule has 0 radical (unpaired) electrons. The number of ether oxygens (including phenoxy) is 2. The number of furan rings is 1. The molecule has 9 heteroatoms. The summed E-state index contributed by atoms with van der Waals surface area (Å²) >= 11 is 0. The number of carbonyl (C=O) groups excluding carboxylic acids is 1. The van der Waals surface area contributed by atoms with Crippen LogP contribution >= 0.6 is 0 Å². The normalized spacial score (nSPS) is 15.8. The molecular formula is C20H26N2O6S. The van der Waals surface area contributed by atoms with Gasteiger partial charge in [-0.2, -0.15) is 4.31 Å². The van der Waals surface area contributed by atoms with Gasteiger partial charge in [0, 0.05) is 38.0 Å². The fourth-order valence-corrected chi connectivity index (χ4v) is 4.88. The third kappa shape index (κ3) is 4.91. The summed E-state index contributed by atoms with van der Waals surface area (Å²) in [6.07, 6.45) is 3.20. The Morgan fingerprint density at radius 3 is 2.52 bits per heavy atom. The first kappa shape index (κ1) is 21.2. The molecule has 0 saturated carbocycles. The number of sulfonamides is 1. The molecular weight excluding hydrogens is 396 g/mol. The van der Waals surface area contributed by atoms with Gasteiger partial charge in [-0.3, -0.25) is 4.79 Å². The second-order valence-electron chi connectivity index (χ2n) is 6.82. The minimum Gasteiger partial charge on any atom is -0.493 e. The predicted molar refractivity (Wildman–Crippen MR) is 106 cm³/mol. The average Bonchev–Trinajstić information content (AvgIpc) is 3.26. The molecule has 1 aliphatic rings. The highest BCUT2D eigenvalue weighted by Gasteiger charge is 2.32. The first-order valence-corrected chi connectivity index (χ1v) is 10.9. The molecule has 8 nitrogen and oxygen atoms in total.